The highest BCUT2D eigenvalue weighted by molar-refractivity contribution is 9.10. The smallest absolute Gasteiger partial charge is 0.169 e. The monoisotopic (exact) mass is 272 g/mol. The number of likely N-dealkylation sites (tertiary alicyclic amines) is 1. The van der Waals surface area contributed by atoms with Gasteiger partial charge >= 0.3 is 0 Å². The third-order valence-electron chi connectivity index (χ3n) is 2.90. The third-order valence-corrected chi connectivity index (χ3v) is 3.32. The number of hydrogen-bond donors (Lipinski definition) is 1. The van der Waals surface area contributed by atoms with Crippen LogP contribution in [0.15, 0.2) is 21.2 Å². The van der Waals surface area contributed by atoms with Gasteiger partial charge in [-0.3, -0.25) is 0 Å². The largest absolute Gasteiger partial charge is 0.453 e. The lowest BCUT2D eigenvalue weighted by Gasteiger charge is -2.17. The standard InChI is InChI=1S/C11H17BrN2O/c1-8(10-3-4-11(12)15-10)13-9-5-6-14(2)7-9/h3-4,8-9,13H,5-7H2,1-2H3. The molecule has 2 rings (SSSR count). The molecular formula is C11H17BrN2O. The van der Waals surface area contributed by atoms with Crippen molar-refractivity contribution in [3.63, 3.8) is 0 Å². The molecule has 2 unspecified atom stereocenters. The van der Waals surface area contributed by atoms with Crippen LogP contribution in [0.3, 0.4) is 0 Å². The van der Waals surface area contributed by atoms with Crippen molar-refractivity contribution in [1.82, 2.24) is 10.2 Å². The van der Waals surface area contributed by atoms with Gasteiger partial charge in [0, 0.05) is 12.6 Å². The first-order valence-electron chi connectivity index (χ1n) is 5.35. The van der Waals surface area contributed by atoms with Crippen molar-refractivity contribution in [3.8, 4) is 0 Å². The fraction of sp³-hybridized carbons (Fsp3) is 0.636. The van der Waals surface area contributed by atoms with E-state index in [4.69, 9.17) is 4.42 Å². The molecule has 0 amide bonds. The maximum Gasteiger partial charge on any atom is 0.169 e. The van der Waals surface area contributed by atoms with Crippen LogP contribution in [0, 0.1) is 0 Å². The van der Waals surface area contributed by atoms with Crippen molar-refractivity contribution in [2.45, 2.75) is 25.4 Å². The first-order chi connectivity index (χ1) is 7.15. The third kappa shape index (κ3) is 2.83. The van der Waals surface area contributed by atoms with Gasteiger partial charge in [-0.05, 0) is 55.0 Å². The molecule has 0 aliphatic carbocycles. The number of likely N-dealkylation sites (N-methyl/N-ethyl adjacent to an activating group) is 1. The molecule has 84 valence electrons. The number of nitrogens with zero attached hydrogens (tertiary/aromatic N) is 1. The van der Waals surface area contributed by atoms with Crippen LogP contribution in [0.1, 0.15) is 25.1 Å². The zero-order valence-corrected chi connectivity index (χ0v) is 10.8. The first kappa shape index (κ1) is 11.2. The van der Waals surface area contributed by atoms with Crippen LogP contribution >= 0.6 is 15.9 Å². The maximum absolute atomic E-state index is 5.52. The molecule has 1 N–H and O–H groups in total. The molecule has 1 aromatic rings. The average Bonchev–Trinajstić information content (AvgIpc) is 2.75. The van der Waals surface area contributed by atoms with E-state index in [1.54, 1.807) is 0 Å². The van der Waals surface area contributed by atoms with Crippen LogP contribution in [0.25, 0.3) is 0 Å². The molecule has 4 heteroatoms. The zero-order valence-electron chi connectivity index (χ0n) is 9.16. The molecule has 1 aliphatic rings. The number of hydrogen-bond acceptors (Lipinski definition) is 3. The lowest BCUT2D eigenvalue weighted by Crippen LogP contribution is -2.33. The Morgan fingerprint density at radius 1 is 1.60 bits per heavy atom. The van der Waals surface area contributed by atoms with Gasteiger partial charge in [-0.25, -0.2) is 0 Å². The summed E-state index contributed by atoms with van der Waals surface area (Å²) in [6.07, 6.45) is 1.22. The van der Waals surface area contributed by atoms with E-state index < -0.39 is 0 Å². The highest BCUT2D eigenvalue weighted by atomic mass is 79.9. The van der Waals surface area contributed by atoms with E-state index in [0.29, 0.717) is 6.04 Å². The number of rotatable bonds is 3. The van der Waals surface area contributed by atoms with Crippen molar-refractivity contribution >= 4 is 15.9 Å². The summed E-state index contributed by atoms with van der Waals surface area (Å²) in [4.78, 5) is 2.35. The van der Waals surface area contributed by atoms with E-state index in [9.17, 15) is 0 Å². The molecule has 1 aromatic heterocycles. The second kappa shape index (κ2) is 4.68. The lowest BCUT2D eigenvalue weighted by molar-refractivity contribution is 0.362. The zero-order chi connectivity index (χ0) is 10.8. The quantitative estimate of drug-likeness (QED) is 0.916. The van der Waals surface area contributed by atoms with E-state index in [0.717, 1.165) is 17.0 Å². The van der Waals surface area contributed by atoms with Gasteiger partial charge in [0.2, 0.25) is 0 Å². The van der Waals surface area contributed by atoms with E-state index in [1.165, 1.54) is 13.0 Å². The lowest BCUT2D eigenvalue weighted by atomic mass is 10.2. The van der Waals surface area contributed by atoms with Crippen LogP contribution in [0.2, 0.25) is 0 Å². The average molecular weight is 273 g/mol. The van der Waals surface area contributed by atoms with Crippen LogP contribution < -0.4 is 5.32 Å². The molecule has 0 bridgehead atoms. The molecule has 2 atom stereocenters. The second-order valence-electron chi connectivity index (χ2n) is 4.28. The molecule has 1 fully saturated rings. The summed E-state index contributed by atoms with van der Waals surface area (Å²) in [7, 11) is 2.16. The summed E-state index contributed by atoms with van der Waals surface area (Å²) in [5, 5.41) is 3.58. The van der Waals surface area contributed by atoms with Crippen molar-refractivity contribution < 1.29 is 4.42 Å². The van der Waals surface area contributed by atoms with Crippen LogP contribution in [0.5, 0.6) is 0 Å². The van der Waals surface area contributed by atoms with Crippen molar-refractivity contribution in [1.29, 1.82) is 0 Å². The van der Waals surface area contributed by atoms with E-state index in [-0.39, 0.29) is 6.04 Å². The summed E-state index contributed by atoms with van der Waals surface area (Å²) in [5.74, 6) is 0.997. The molecule has 0 spiro atoms. The number of furan rings is 1. The summed E-state index contributed by atoms with van der Waals surface area (Å²) >= 11 is 3.32. The predicted octanol–water partition coefficient (Wildman–Crippen LogP) is 2.40. The predicted molar refractivity (Wildman–Crippen MR) is 63.9 cm³/mol. The Kier molecular flexibility index (Phi) is 3.49. The normalized spacial score (nSPS) is 24.6. The van der Waals surface area contributed by atoms with Gasteiger partial charge in [-0.15, -0.1) is 0 Å². The van der Waals surface area contributed by atoms with Gasteiger partial charge in [0.1, 0.15) is 5.76 Å². The molecule has 1 saturated heterocycles. The SMILES string of the molecule is CC(NC1CCN(C)C1)c1ccc(Br)o1. The molecule has 0 radical (unpaired) electrons. The van der Waals surface area contributed by atoms with E-state index >= 15 is 0 Å². The molecule has 1 aliphatic heterocycles. The van der Waals surface area contributed by atoms with Gasteiger partial charge < -0.3 is 14.6 Å². The first-order valence-corrected chi connectivity index (χ1v) is 6.14. The van der Waals surface area contributed by atoms with E-state index in [2.05, 4.69) is 40.1 Å². The second-order valence-corrected chi connectivity index (χ2v) is 5.06. The minimum absolute atomic E-state index is 0.285. The molecule has 2 heterocycles. The molecule has 15 heavy (non-hydrogen) atoms. The van der Waals surface area contributed by atoms with Gasteiger partial charge in [-0.1, -0.05) is 0 Å². The van der Waals surface area contributed by atoms with E-state index in [1.807, 2.05) is 12.1 Å². The fourth-order valence-electron chi connectivity index (χ4n) is 2.07. The number of nitrogens with one attached hydrogen (secondary N) is 1. The summed E-state index contributed by atoms with van der Waals surface area (Å²) in [6, 6.07) is 4.83. The fourth-order valence-corrected chi connectivity index (χ4v) is 2.39. The topological polar surface area (TPSA) is 28.4 Å². The highest BCUT2D eigenvalue weighted by Crippen LogP contribution is 2.21. The van der Waals surface area contributed by atoms with Crippen molar-refractivity contribution in [2.24, 2.45) is 0 Å². The Morgan fingerprint density at radius 2 is 2.40 bits per heavy atom. The Hall–Kier alpha value is -0.320. The number of halogens is 1. The summed E-state index contributed by atoms with van der Waals surface area (Å²) in [6.45, 7) is 4.46. The van der Waals surface area contributed by atoms with Crippen LogP contribution in [-0.2, 0) is 0 Å². The Bertz CT molecular complexity index is 326. The maximum atomic E-state index is 5.52. The van der Waals surface area contributed by atoms with Crippen molar-refractivity contribution in [2.75, 3.05) is 20.1 Å². The van der Waals surface area contributed by atoms with Crippen molar-refractivity contribution in [3.05, 3.63) is 22.6 Å². The van der Waals surface area contributed by atoms with Gasteiger partial charge in [-0.2, -0.15) is 0 Å². The molecular weight excluding hydrogens is 256 g/mol. The highest BCUT2D eigenvalue weighted by Gasteiger charge is 2.22. The summed E-state index contributed by atoms with van der Waals surface area (Å²) < 4.78 is 6.32. The Balaban J connectivity index is 1.89. The van der Waals surface area contributed by atoms with Crippen LogP contribution in [-0.4, -0.2) is 31.1 Å². The van der Waals surface area contributed by atoms with Gasteiger partial charge in [0.25, 0.3) is 0 Å². The van der Waals surface area contributed by atoms with Gasteiger partial charge in [0.05, 0.1) is 6.04 Å². The molecule has 3 nitrogen and oxygen atoms in total. The molecule has 0 saturated carbocycles. The summed E-state index contributed by atoms with van der Waals surface area (Å²) in [5.41, 5.74) is 0. The Morgan fingerprint density at radius 3 is 2.93 bits per heavy atom. The minimum atomic E-state index is 0.285. The van der Waals surface area contributed by atoms with Gasteiger partial charge in [0.15, 0.2) is 4.67 Å². The molecule has 0 aromatic carbocycles. The van der Waals surface area contributed by atoms with Crippen LogP contribution in [0.4, 0.5) is 0 Å². The minimum Gasteiger partial charge on any atom is -0.453 e. The Labute approximate surface area is 99.0 Å².